The molecule has 1 heterocycles. The van der Waals surface area contributed by atoms with Gasteiger partial charge < -0.3 is 19.9 Å². The van der Waals surface area contributed by atoms with Crippen LogP contribution in [0.3, 0.4) is 0 Å². The summed E-state index contributed by atoms with van der Waals surface area (Å²) in [7, 11) is 0. The van der Waals surface area contributed by atoms with Crippen LogP contribution in [0.1, 0.15) is 58.1 Å². The molecule has 2 aliphatic rings. The van der Waals surface area contributed by atoms with E-state index in [4.69, 9.17) is 9.47 Å². The van der Waals surface area contributed by atoms with E-state index in [2.05, 4.69) is 17.4 Å². The van der Waals surface area contributed by atoms with Crippen molar-refractivity contribution < 1.29 is 29.0 Å². The van der Waals surface area contributed by atoms with E-state index in [1.54, 1.807) is 20.8 Å². The summed E-state index contributed by atoms with van der Waals surface area (Å²) in [6.45, 7) is 8.82. The van der Waals surface area contributed by atoms with E-state index in [9.17, 15) is 19.5 Å². The maximum Gasteiger partial charge on any atom is 0.407 e. The van der Waals surface area contributed by atoms with Crippen molar-refractivity contribution in [3.05, 3.63) is 59.7 Å². The van der Waals surface area contributed by atoms with Gasteiger partial charge in [0, 0.05) is 5.92 Å². The number of amides is 2. The first-order chi connectivity index (χ1) is 17.1. The first-order valence-electron chi connectivity index (χ1n) is 12.4. The molecule has 192 valence electrons. The second-order valence-electron chi connectivity index (χ2n) is 10.1. The van der Waals surface area contributed by atoms with Gasteiger partial charge in [-0.1, -0.05) is 68.8 Å². The lowest BCUT2D eigenvalue weighted by Crippen LogP contribution is -2.59. The van der Waals surface area contributed by atoms with Gasteiger partial charge in [-0.05, 0) is 48.9 Å². The van der Waals surface area contributed by atoms with Crippen LogP contribution in [0.4, 0.5) is 4.79 Å². The summed E-state index contributed by atoms with van der Waals surface area (Å²) in [5, 5.41) is 12.5. The number of fused-ring (bicyclic) bond motifs is 3. The molecule has 2 amide bonds. The zero-order valence-electron chi connectivity index (χ0n) is 21.4. The summed E-state index contributed by atoms with van der Waals surface area (Å²) in [5.74, 6) is -2.01. The lowest BCUT2D eigenvalue weighted by atomic mass is 9.96. The van der Waals surface area contributed by atoms with E-state index >= 15 is 0 Å². The van der Waals surface area contributed by atoms with Crippen LogP contribution in [-0.2, 0) is 19.1 Å². The third-order valence-corrected chi connectivity index (χ3v) is 7.36. The van der Waals surface area contributed by atoms with Gasteiger partial charge in [0.1, 0.15) is 18.4 Å². The summed E-state index contributed by atoms with van der Waals surface area (Å²) in [5.41, 5.74) is 3.30. The molecule has 4 atom stereocenters. The summed E-state index contributed by atoms with van der Waals surface area (Å²) in [6.07, 6.45) is -0.801. The van der Waals surface area contributed by atoms with E-state index in [1.807, 2.05) is 50.2 Å². The number of ether oxygens (including phenoxy) is 2. The topological polar surface area (TPSA) is 105 Å². The summed E-state index contributed by atoms with van der Waals surface area (Å²) in [6, 6.07) is 14.0. The number of alkyl carbamates (subject to hydrolysis) is 1. The quantitative estimate of drug-likeness (QED) is 0.592. The molecule has 8 heteroatoms. The van der Waals surface area contributed by atoms with E-state index in [0.717, 1.165) is 22.3 Å². The number of aliphatic carboxylic acids is 1. The fourth-order valence-corrected chi connectivity index (χ4v) is 5.43. The average Bonchev–Trinajstić information content (AvgIpc) is 3.29. The van der Waals surface area contributed by atoms with Crippen molar-refractivity contribution in [2.24, 2.45) is 5.92 Å². The molecule has 2 N–H and O–H groups in total. The highest BCUT2D eigenvalue weighted by molar-refractivity contribution is 5.91. The van der Waals surface area contributed by atoms with Crippen LogP contribution >= 0.6 is 0 Å². The van der Waals surface area contributed by atoms with Crippen LogP contribution in [0.2, 0.25) is 0 Å². The van der Waals surface area contributed by atoms with E-state index in [-0.39, 0.29) is 18.4 Å². The van der Waals surface area contributed by atoms with Crippen LogP contribution in [0, 0.1) is 5.92 Å². The Bertz CT molecular complexity index is 1120. The van der Waals surface area contributed by atoms with Crippen LogP contribution in [0.15, 0.2) is 48.5 Å². The Morgan fingerprint density at radius 2 is 1.64 bits per heavy atom. The predicted octanol–water partition coefficient (Wildman–Crippen LogP) is 4.38. The minimum atomic E-state index is -1.15. The molecule has 2 aromatic carbocycles. The maximum atomic E-state index is 13.7. The average molecular weight is 495 g/mol. The van der Waals surface area contributed by atoms with Crippen molar-refractivity contribution in [3.8, 4) is 11.1 Å². The number of hydrogen-bond donors (Lipinski definition) is 2. The second-order valence-corrected chi connectivity index (χ2v) is 10.1. The summed E-state index contributed by atoms with van der Waals surface area (Å²) in [4.78, 5) is 39.8. The van der Waals surface area contributed by atoms with Crippen molar-refractivity contribution >= 4 is 18.0 Å². The maximum absolute atomic E-state index is 13.7. The lowest BCUT2D eigenvalue weighted by Gasteiger charge is -2.36. The fraction of sp³-hybridized carbons (Fsp3) is 0.464. The van der Waals surface area contributed by atoms with Gasteiger partial charge in [-0.2, -0.15) is 0 Å². The van der Waals surface area contributed by atoms with Crippen LogP contribution in [0.5, 0.6) is 0 Å². The Hall–Kier alpha value is -3.39. The molecule has 1 unspecified atom stereocenters. The molecule has 8 nitrogen and oxygen atoms in total. The van der Waals surface area contributed by atoms with Crippen molar-refractivity contribution in [1.29, 1.82) is 0 Å². The second kappa shape index (κ2) is 9.93. The highest BCUT2D eigenvalue weighted by Crippen LogP contribution is 2.44. The molecule has 0 aromatic heterocycles. The number of rotatable bonds is 7. The van der Waals surface area contributed by atoms with Gasteiger partial charge in [-0.3, -0.25) is 9.69 Å². The largest absolute Gasteiger partial charge is 0.480 e. The minimum Gasteiger partial charge on any atom is -0.480 e. The monoisotopic (exact) mass is 494 g/mol. The Kier molecular flexibility index (Phi) is 7.09. The van der Waals surface area contributed by atoms with Crippen LogP contribution in [0.25, 0.3) is 11.1 Å². The third-order valence-electron chi connectivity index (χ3n) is 7.36. The molecule has 1 saturated heterocycles. The van der Waals surface area contributed by atoms with Crippen molar-refractivity contribution in [1.82, 2.24) is 10.2 Å². The van der Waals surface area contributed by atoms with E-state index in [0.29, 0.717) is 6.42 Å². The first kappa shape index (κ1) is 25.7. The molecule has 0 bridgehead atoms. The molecular formula is C28H34N2O6. The molecule has 4 rings (SSSR count). The summed E-state index contributed by atoms with van der Waals surface area (Å²) < 4.78 is 11.4. The van der Waals surface area contributed by atoms with E-state index < -0.39 is 41.9 Å². The zero-order valence-corrected chi connectivity index (χ0v) is 21.4. The number of carboxylic acid groups (broad SMARTS) is 1. The molecule has 2 aromatic rings. The van der Waals surface area contributed by atoms with Gasteiger partial charge in [-0.25, -0.2) is 9.59 Å². The molecule has 1 aliphatic heterocycles. The highest BCUT2D eigenvalue weighted by atomic mass is 16.6. The zero-order chi connectivity index (χ0) is 26.2. The molecule has 1 aliphatic carbocycles. The van der Waals surface area contributed by atoms with E-state index in [1.165, 1.54) is 4.90 Å². The molecule has 0 saturated carbocycles. The third kappa shape index (κ3) is 4.57. The molecular weight excluding hydrogens is 460 g/mol. The van der Waals surface area contributed by atoms with Crippen molar-refractivity contribution in [3.63, 3.8) is 0 Å². The van der Waals surface area contributed by atoms with Gasteiger partial charge >= 0.3 is 12.1 Å². The van der Waals surface area contributed by atoms with Crippen LogP contribution in [-0.4, -0.2) is 58.5 Å². The number of carbonyl (C=O) groups is 3. The van der Waals surface area contributed by atoms with Gasteiger partial charge in [-0.15, -0.1) is 0 Å². The standard InChI is InChI=1S/C28H34N2O6/c1-6-16(2)23(25(31)30-24(26(32)33)17(3)36-28(30,4)5)29-27(34)35-15-22-20-13-9-7-11-18(20)19-12-8-10-14-21(19)22/h7-14,16-17,22-24H,6,15H2,1-5H3,(H,29,34)(H,32,33)/t16-,17+,23-,24?/m0/s1. The Balaban J connectivity index is 1.51. The predicted molar refractivity (Wildman–Crippen MR) is 134 cm³/mol. The van der Waals surface area contributed by atoms with Crippen molar-refractivity contribution in [2.75, 3.05) is 6.61 Å². The number of nitrogens with zero attached hydrogens (tertiary/aromatic N) is 1. The Morgan fingerprint density at radius 1 is 1.08 bits per heavy atom. The van der Waals surface area contributed by atoms with Gasteiger partial charge in [0.15, 0.2) is 6.04 Å². The highest BCUT2D eigenvalue weighted by Gasteiger charge is 2.53. The van der Waals surface area contributed by atoms with Crippen molar-refractivity contribution in [2.45, 2.75) is 70.9 Å². The fourth-order valence-electron chi connectivity index (χ4n) is 5.43. The molecule has 1 fully saturated rings. The molecule has 36 heavy (non-hydrogen) atoms. The lowest BCUT2D eigenvalue weighted by molar-refractivity contribution is -0.157. The molecule has 0 spiro atoms. The van der Waals surface area contributed by atoms with Gasteiger partial charge in [0.05, 0.1) is 6.10 Å². The molecule has 0 radical (unpaired) electrons. The number of benzene rings is 2. The summed E-state index contributed by atoms with van der Waals surface area (Å²) >= 11 is 0. The van der Waals surface area contributed by atoms with Gasteiger partial charge in [0.2, 0.25) is 5.91 Å². The minimum absolute atomic E-state index is 0.107. The number of carbonyl (C=O) groups excluding carboxylic acids is 2. The number of carboxylic acids is 1. The number of hydrogen-bond acceptors (Lipinski definition) is 5. The smallest absolute Gasteiger partial charge is 0.407 e. The normalized spacial score (nSPS) is 21.9. The number of nitrogens with one attached hydrogen (secondary N) is 1. The van der Waals surface area contributed by atoms with Gasteiger partial charge in [0.25, 0.3) is 0 Å². The first-order valence-corrected chi connectivity index (χ1v) is 12.4. The SMILES string of the molecule is CC[C@H](C)[C@H](NC(=O)OCC1c2ccccc2-c2ccccc21)C(=O)N1C(C(=O)O)[C@@H](C)OC1(C)C. The Morgan fingerprint density at radius 3 is 2.17 bits per heavy atom. The van der Waals surface area contributed by atoms with Crippen LogP contribution < -0.4 is 5.32 Å². The Labute approximate surface area is 211 Å².